The molecule has 4 aromatic rings. The predicted octanol–water partition coefficient (Wildman–Crippen LogP) is 5.44. The molecule has 3 fully saturated rings. The number of hydrogen-bond donors (Lipinski definition) is 2. The molecule has 5 heterocycles. The van der Waals surface area contributed by atoms with E-state index < -0.39 is 29.7 Å². The van der Waals surface area contributed by atoms with Crippen molar-refractivity contribution in [3.05, 3.63) is 53.5 Å². The summed E-state index contributed by atoms with van der Waals surface area (Å²) in [6.45, 7) is 6.41. The second-order valence-corrected chi connectivity index (χ2v) is 12.0. The number of anilines is 1. The van der Waals surface area contributed by atoms with E-state index in [2.05, 4.69) is 25.4 Å². The van der Waals surface area contributed by atoms with Crippen molar-refractivity contribution in [3.63, 3.8) is 0 Å². The molecule has 7 rings (SSSR count). The molecular formula is C31H33F4N7O. The molecule has 12 heteroatoms. The van der Waals surface area contributed by atoms with Gasteiger partial charge in [-0.3, -0.25) is 10.00 Å². The first-order valence-electron chi connectivity index (χ1n) is 14.7. The van der Waals surface area contributed by atoms with Gasteiger partial charge in [0.1, 0.15) is 24.1 Å². The monoisotopic (exact) mass is 595 g/mol. The summed E-state index contributed by atoms with van der Waals surface area (Å²) in [5.41, 5.74) is 3.44. The summed E-state index contributed by atoms with van der Waals surface area (Å²) < 4.78 is 63.6. The van der Waals surface area contributed by atoms with Gasteiger partial charge in [0.15, 0.2) is 5.82 Å². The molecule has 2 aromatic carbocycles. The summed E-state index contributed by atoms with van der Waals surface area (Å²) in [5, 5.41) is 11.5. The van der Waals surface area contributed by atoms with Crippen LogP contribution in [-0.4, -0.2) is 82.1 Å². The summed E-state index contributed by atoms with van der Waals surface area (Å²) in [6.07, 6.45) is 2.01. The highest BCUT2D eigenvalue weighted by molar-refractivity contribution is 6.01. The molecule has 0 amide bonds. The van der Waals surface area contributed by atoms with Crippen molar-refractivity contribution in [3.8, 4) is 17.1 Å². The van der Waals surface area contributed by atoms with Gasteiger partial charge >= 0.3 is 6.01 Å². The Kier molecular flexibility index (Phi) is 7.00. The van der Waals surface area contributed by atoms with Gasteiger partial charge in [-0.05, 0) is 68.1 Å². The number of H-pyrrole nitrogens is 1. The van der Waals surface area contributed by atoms with Gasteiger partial charge < -0.3 is 15.0 Å². The lowest BCUT2D eigenvalue weighted by Crippen LogP contribution is -2.50. The summed E-state index contributed by atoms with van der Waals surface area (Å²) in [4.78, 5) is 13.3. The van der Waals surface area contributed by atoms with E-state index in [1.54, 1.807) is 18.3 Å². The number of benzene rings is 2. The third-order valence-electron chi connectivity index (χ3n) is 9.36. The molecule has 43 heavy (non-hydrogen) atoms. The van der Waals surface area contributed by atoms with E-state index in [-0.39, 0.29) is 24.7 Å². The van der Waals surface area contributed by atoms with Crippen LogP contribution in [0.15, 0.2) is 36.6 Å². The van der Waals surface area contributed by atoms with Gasteiger partial charge in [-0.25, -0.2) is 8.78 Å². The van der Waals surface area contributed by atoms with E-state index in [0.717, 1.165) is 53.1 Å². The molecule has 2 aromatic heterocycles. The Morgan fingerprint density at radius 3 is 2.86 bits per heavy atom. The minimum atomic E-state index is -1.77. The second kappa shape index (κ2) is 10.7. The van der Waals surface area contributed by atoms with E-state index in [0.29, 0.717) is 42.8 Å². The number of alkyl halides is 1. The Bertz CT molecular complexity index is 1740. The molecule has 0 bridgehead atoms. The van der Waals surface area contributed by atoms with Gasteiger partial charge in [0, 0.05) is 55.0 Å². The van der Waals surface area contributed by atoms with Gasteiger partial charge in [0.2, 0.25) is 0 Å². The molecule has 0 aliphatic carbocycles. The molecular weight excluding hydrogens is 562 g/mol. The minimum absolute atomic E-state index is 0.0150. The van der Waals surface area contributed by atoms with Crippen LogP contribution in [0.5, 0.6) is 6.01 Å². The summed E-state index contributed by atoms with van der Waals surface area (Å²) in [6, 6.07) is 4.87. The topological polar surface area (TPSA) is 82.2 Å². The average molecular weight is 596 g/mol. The number of ether oxygens (including phenoxy) is 1. The highest BCUT2D eigenvalue weighted by atomic mass is 19.3. The Morgan fingerprint density at radius 2 is 2.02 bits per heavy atom. The fourth-order valence-corrected chi connectivity index (χ4v) is 7.18. The standard InChI is InChI=1S/C31H33F4N7O/c1-17-10-24-23(13-37-40-24)26(18(17)2)21-4-5-22-28(27(21)35)38-30(43-16-31-6-3-8-42(31)14-19(32)12-31)39-29(22)41-9-7-36-20(15-41)11-25(33)34/h4-5,10-11,13,19-20,36H,3,6-9,12,14-16H2,1-2H3,(H,37,40)/t19-,20?,31+/m1/s1. The maximum Gasteiger partial charge on any atom is 0.319 e. The molecule has 3 aliphatic heterocycles. The Hall–Kier alpha value is -3.77. The number of halogens is 4. The third-order valence-corrected chi connectivity index (χ3v) is 9.36. The van der Waals surface area contributed by atoms with Gasteiger partial charge in [0.05, 0.1) is 17.3 Å². The number of nitrogens with zero attached hydrogens (tertiary/aromatic N) is 5. The maximum atomic E-state index is 16.7. The molecule has 226 valence electrons. The zero-order valence-electron chi connectivity index (χ0n) is 24.1. The molecule has 2 N–H and O–H groups in total. The molecule has 8 nitrogen and oxygen atoms in total. The lowest BCUT2D eigenvalue weighted by atomic mass is 9.92. The number of fused-ring (bicyclic) bond motifs is 3. The SMILES string of the molecule is Cc1cc2[nH]ncc2c(-c2ccc3c(N4CCNC(C=C(F)F)C4)nc(OC[C@@]45CCCN4C[C@H](F)C5)nc3c2F)c1C. The van der Waals surface area contributed by atoms with Crippen LogP contribution >= 0.6 is 0 Å². The lowest BCUT2D eigenvalue weighted by Gasteiger charge is -2.34. The van der Waals surface area contributed by atoms with Gasteiger partial charge in [0.25, 0.3) is 6.08 Å². The van der Waals surface area contributed by atoms with Crippen LogP contribution in [0.3, 0.4) is 0 Å². The fraction of sp³-hybridized carbons (Fsp3) is 0.452. The molecule has 0 spiro atoms. The minimum Gasteiger partial charge on any atom is -0.461 e. The first kappa shape index (κ1) is 28.0. The maximum absolute atomic E-state index is 16.7. The molecule has 0 saturated carbocycles. The largest absolute Gasteiger partial charge is 0.461 e. The van der Waals surface area contributed by atoms with Crippen LogP contribution in [0.25, 0.3) is 32.9 Å². The van der Waals surface area contributed by atoms with Crippen LogP contribution in [0, 0.1) is 19.7 Å². The zero-order valence-corrected chi connectivity index (χ0v) is 24.1. The van der Waals surface area contributed by atoms with E-state index in [1.165, 1.54) is 0 Å². The van der Waals surface area contributed by atoms with Crippen LogP contribution in [-0.2, 0) is 0 Å². The molecule has 0 radical (unpaired) electrons. The van der Waals surface area contributed by atoms with E-state index in [4.69, 9.17) is 9.72 Å². The van der Waals surface area contributed by atoms with E-state index >= 15 is 4.39 Å². The Labute approximate surface area is 246 Å². The lowest BCUT2D eigenvalue weighted by molar-refractivity contribution is 0.107. The quantitative estimate of drug-likeness (QED) is 0.287. The number of aryl methyl sites for hydroxylation is 1. The smallest absolute Gasteiger partial charge is 0.319 e. The summed E-state index contributed by atoms with van der Waals surface area (Å²) in [7, 11) is 0. The van der Waals surface area contributed by atoms with Crippen molar-refractivity contribution in [2.75, 3.05) is 44.2 Å². The van der Waals surface area contributed by atoms with Crippen LogP contribution in [0.1, 0.15) is 30.4 Å². The zero-order chi connectivity index (χ0) is 29.9. The molecule has 3 saturated heterocycles. The number of piperazine rings is 1. The predicted molar refractivity (Wildman–Crippen MR) is 157 cm³/mol. The number of aromatic amines is 1. The van der Waals surface area contributed by atoms with Crippen molar-refractivity contribution in [1.29, 1.82) is 0 Å². The first-order chi connectivity index (χ1) is 20.7. The van der Waals surface area contributed by atoms with Crippen LogP contribution < -0.4 is 15.0 Å². The fourth-order valence-electron chi connectivity index (χ4n) is 7.18. The number of aromatic nitrogens is 4. The second-order valence-electron chi connectivity index (χ2n) is 12.0. The van der Waals surface area contributed by atoms with E-state index in [1.807, 2.05) is 24.8 Å². The van der Waals surface area contributed by atoms with Crippen molar-refractivity contribution in [1.82, 2.24) is 30.4 Å². The number of hydrogen-bond acceptors (Lipinski definition) is 7. The van der Waals surface area contributed by atoms with Crippen LogP contribution in [0.4, 0.5) is 23.4 Å². The highest BCUT2D eigenvalue weighted by Gasteiger charge is 2.49. The first-order valence-corrected chi connectivity index (χ1v) is 14.7. The Balaban J connectivity index is 1.35. The molecule has 3 aliphatic rings. The highest BCUT2D eigenvalue weighted by Crippen LogP contribution is 2.42. The average Bonchev–Trinajstić information content (AvgIpc) is 3.67. The summed E-state index contributed by atoms with van der Waals surface area (Å²) >= 11 is 0. The molecule has 1 unspecified atom stereocenters. The summed E-state index contributed by atoms with van der Waals surface area (Å²) in [5.74, 6) is -0.122. The van der Waals surface area contributed by atoms with Crippen molar-refractivity contribution in [2.45, 2.75) is 50.9 Å². The van der Waals surface area contributed by atoms with Crippen molar-refractivity contribution < 1.29 is 22.3 Å². The normalized spacial score (nSPS) is 24.2. The number of rotatable bonds is 6. The number of nitrogens with one attached hydrogen (secondary N) is 2. The van der Waals surface area contributed by atoms with Crippen molar-refractivity contribution in [2.24, 2.45) is 0 Å². The van der Waals surface area contributed by atoms with Crippen molar-refractivity contribution >= 4 is 27.6 Å². The van der Waals surface area contributed by atoms with Gasteiger partial charge in [-0.2, -0.15) is 23.8 Å². The van der Waals surface area contributed by atoms with E-state index in [9.17, 15) is 13.2 Å². The van der Waals surface area contributed by atoms with Gasteiger partial charge in [-0.15, -0.1) is 0 Å². The van der Waals surface area contributed by atoms with Gasteiger partial charge in [-0.1, -0.05) is 6.07 Å². The third kappa shape index (κ3) is 4.90. The Morgan fingerprint density at radius 1 is 1.16 bits per heavy atom. The van der Waals surface area contributed by atoms with Crippen LogP contribution in [0.2, 0.25) is 0 Å². The molecule has 3 atom stereocenters.